The van der Waals surface area contributed by atoms with E-state index in [0.717, 1.165) is 16.5 Å². The van der Waals surface area contributed by atoms with Crippen LogP contribution >= 0.6 is 23.2 Å². The van der Waals surface area contributed by atoms with E-state index in [-0.39, 0.29) is 5.84 Å². The number of hydrogen-bond acceptors (Lipinski definition) is 6. The van der Waals surface area contributed by atoms with Crippen LogP contribution in [0.3, 0.4) is 0 Å². The lowest BCUT2D eigenvalue weighted by Crippen LogP contribution is -2.45. The van der Waals surface area contributed by atoms with Gasteiger partial charge in [0.1, 0.15) is 5.82 Å². The summed E-state index contributed by atoms with van der Waals surface area (Å²) in [7, 11) is 1.71. The fourth-order valence-corrected chi connectivity index (χ4v) is 4.83. The summed E-state index contributed by atoms with van der Waals surface area (Å²) in [4.78, 5) is 6.38. The molecule has 3 aromatic carbocycles. The summed E-state index contributed by atoms with van der Waals surface area (Å²) in [5.41, 5.74) is 1.53. The minimum atomic E-state index is -1.75. The van der Waals surface area contributed by atoms with E-state index in [1.807, 2.05) is 47.7 Å². The average Bonchev–Trinajstić information content (AvgIpc) is 3.28. The van der Waals surface area contributed by atoms with Gasteiger partial charge < -0.3 is 15.8 Å². The number of benzene rings is 3. The summed E-state index contributed by atoms with van der Waals surface area (Å²) in [5.74, 6) is 7.14. The van der Waals surface area contributed by atoms with E-state index < -0.39 is 5.60 Å². The highest BCUT2D eigenvalue weighted by molar-refractivity contribution is 6.31. The van der Waals surface area contributed by atoms with Gasteiger partial charge in [-0.15, -0.1) is 10.2 Å². The van der Waals surface area contributed by atoms with Crippen LogP contribution in [0.5, 0.6) is 0 Å². The third-order valence-corrected chi connectivity index (χ3v) is 6.83. The fraction of sp³-hybridized carbons (Fsp3) is 0.111. The van der Waals surface area contributed by atoms with Crippen molar-refractivity contribution in [1.29, 1.82) is 0 Å². The molecule has 0 radical (unpaired) electrons. The molecule has 0 saturated heterocycles. The Hall–Kier alpha value is -3.98. The van der Waals surface area contributed by atoms with E-state index >= 15 is 0 Å². The van der Waals surface area contributed by atoms with Crippen LogP contribution in [0.1, 0.15) is 17.0 Å². The molecule has 0 bridgehead atoms. The Morgan fingerprint density at radius 2 is 1.78 bits per heavy atom. The molecule has 8 nitrogen and oxygen atoms in total. The zero-order valence-electron chi connectivity index (χ0n) is 20.1. The first-order chi connectivity index (χ1) is 17.8. The van der Waals surface area contributed by atoms with Gasteiger partial charge >= 0.3 is 0 Å². The van der Waals surface area contributed by atoms with Crippen molar-refractivity contribution in [3.05, 3.63) is 107 Å². The molecule has 0 aliphatic carbocycles. The summed E-state index contributed by atoms with van der Waals surface area (Å²) >= 11 is 12.5. The molecular formula is C27H23Cl2N7O. The highest BCUT2D eigenvalue weighted by Gasteiger charge is 2.40. The average molecular weight is 532 g/mol. The van der Waals surface area contributed by atoms with Crippen molar-refractivity contribution in [2.45, 2.75) is 12.5 Å². The van der Waals surface area contributed by atoms with Crippen LogP contribution < -0.4 is 5.84 Å². The first-order valence-corrected chi connectivity index (χ1v) is 12.1. The molecule has 186 valence electrons. The second-order valence-corrected chi connectivity index (χ2v) is 9.42. The molecule has 0 amide bonds. The summed E-state index contributed by atoms with van der Waals surface area (Å²) in [6.45, 7) is 5.67. The number of nitrogens with zero attached hydrogens (tertiary/aromatic N) is 6. The summed E-state index contributed by atoms with van der Waals surface area (Å²) in [6.07, 6.45) is 1.52. The number of fused-ring (bicyclic) bond motifs is 3. The van der Waals surface area contributed by atoms with Crippen molar-refractivity contribution in [3.8, 4) is 11.3 Å². The molecule has 2 heterocycles. The Bertz CT molecular complexity index is 1680. The monoisotopic (exact) mass is 531 g/mol. The number of aryl methyl sites for hydroxylation is 1. The molecule has 0 aliphatic rings. The maximum absolute atomic E-state index is 12.4. The van der Waals surface area contributed by atoms with Crippen LogP contribution in [0.25, 0.3) is 27.9 Å². The maximum atomic E-state index is 12.4. The Morgan fingerprint density at radius 3 is 2.46 bits per heavy atom. The summed E-state index contributed by atoms with van der Waals surface area (Å²) < 4.78 is 1.86. The molecule has 1 atom stereocenters. The van der Waals surface area contributed by atoms with Gasteiger partial charge in [-0.05, 0) is 60.6 Å². The van der Waals surface area contributed by atoms with Crippen molar-refractivity contribution in [1.82, 2.24) is 24.5 Å². The topological polar surface area (TPSA) is 105 Å². The standard InChI is InChI=1S/C27H23Cl2N7O/c1-4-35(3)25(32-30)27(37,18-8-11-20(28)12-9-18)19-10-13-23-22(15-19)24(17-6-5-7-21(29)14-17)31-26-34-33-16(2)36(23)26/h4-15,37H,1,30H2,2-3H3/b32-25-. The molecular weight excluding hydrogens is 509 g/mol. The lowest BCUT2D eigenvalue weighted by Gasteiger charge is -2.34. The highest BCUT2D eigenvalue weighted by atomic mass is 35.5. The Balaban J connectivity index is 1.87. The molecule has 2 aromatic heterocycles. The van der Waals surface area contributed by atoms with Crippen LogP contribution in [0.4, 0.5) is 0 Å². The highest BCUT2D eigenvalue weighted by Crippen LogP contribution is 2.37. The number of hydrogen-bond donors (Lipinski definition) is 2. The Kier molecular flexibility index (Phi) is 6.33. The van der Waals surface area contributed by atoms with Crippen LogP contribution in [0, 0.1) is 6.92 Å². The summed E-state index contributed by atoms with van der Waals surface area (Å²) in [5, 5.41) is 26.6. The number of rotatable bonds is 5. The van der Waals surface area contributed by atoms with Crippen LogP contribution in [0.2, 0.25) is 10.0 Å². The van der Waals surface area contributed by atoms with E-state index in [2.05, 4.69) is 21.9 Å². The van der Waals surface area contributed by atoms with E-state index in [1.165, 1.54) is 6.20 Å². The van der Waals surface area contributed by atoms with Crippen molar-refractivity contribution < 1.29 is 5.11 Å². The largest absolute Gasteiger partial charge is 0.373 e. The first-order valence-electron chi connectivity index (χ1n) is 11.3. The van der Waals surface area contributed by atoms with Gasteiger partial charge in [0.25, 0.3) is 5.78 Å². The lowest BCUT2D eigenvalue weighted by molar-refractivity contribution is 0.144. The summed E-state index contributed by atoms with van der Waals surface area (Å²) in [6, 6.07) is 19.9. The molecule has 0 spiro atoms. The van der Waals surface area contributed by atoms with E-state index in [1.54, 1.807) is 42.3 Å². The van der Waals surface area contributed by atoms with Gasteiger partial charge in [0.05, 0.1) is 11.2 Å². The second-order valence-electron chi connectivity index (χ2n) is 8.55. The molecule has 0 saturated carbocycles. The van der Waals surface area contributed by atoms with Gasteiger partial charge in [-0.3, -0.25) is 4.40 Å². The Morgan fingerprint density at radius 1 is 1.05 bits per heavy atom. The zero-order chi connectivity index (χ0) is 26.3. The molecule has 0 aliphatic heterocycles. The quantitative estimate of drug-likeness (QED) is 0.141. The molecule has 0 fully saturated rings. The maximum Gasteiger partial charge on any atom is 0.256 e. The molecule has 5 rings (SSSR count). The molecule has 37 heavy (non-hydrogen) atoms. The van der Waals surface area contributed by atoms with Gasteiger partial charge in [-0.25, -0.2) is 4.98 Å². The van der Waals surface area contributed by atoms with Crippen molar-refractivity contribution >= 4 is 45.7 Å². The number of hydrazone groups is 1. The lowest BCUT2D eigenvalue weighted by atomic mass is 9.83. The number of halogens is 2. The fourth-order valence-electron chi connectivity index (χ4n) is 4.51. The van der Waals surface area contributed by atoms with E-state index in [0.29, 0.717) is 38.5 Å². The third-order valence-electron chi connectivity index (χ3n) is 6.34. The minimum Gasteiger partial charge on any atom is -0.373 e. The van der Waals surface area contributed by atoms with Crippen molar-refractivity contribution in [2.75, 3.05) is 7.05 Å². The Labute approximate surface area is 223 Å². The number of aromatic nitrogens is 4. The van der Waals surface area contributed by atoms with Crippen molar-refractivity contribution in [2.24, 2.45) is 10.9 Å². The van der Waals surface area contributed by atoms with Gasteiger partial charge in [-0.2, -0.15) is 5.10 Å². The number of likely N-dealkylation sites (N-methyl/N-ethyl adjacent to an activating group) is 1. The smallest absolute Gasteiger partial charge is 0.256 e. The predicted molar refractivity (Wildman–Crippen MR) is 148 cm³/mol. The van der Waals surface area contributed by atoms with Crippen LogP contribution in [0.15, 0.2) is 84.6 Å². The predicted octanol–water partition coefficient (Wildman–Crippen LogP) is 5.14. The number of aliphatic hydroxyl groups is 1. The van der Waals surface area contributed by atoms with Gasteiger partial charge in [-0.1, -0.05) is 60.1 Å². The van der Waals surface area contributed by atoms with E-state index in [9.17, 15) is 5.11 Å². The number of nitrogens with two attached hydrogens (primary N) is 1. The molecule has 5 aromatic rings. The number of amidine groups is 1. The van der Waals surface area contributed by atoms with Gasteiger partial charge in [0.2, 0.25) is 0 Å². The minimum absolute atomic E-state index is 0.169. The van der Waals surface area contributed by atoms with Crippen molar-refractivity contribution in [3.63, 3.8) is 0 Å². The second kappa shape index (κ2) is 9.48. The molecule has 1 unspecified atom stereocenters. The van der Waals surface area contributed by atoms with Gasteiger partial charge in [0, 0.05) is 28.0 Å². The van der Waals surface area contributed by atoms with Crippen LogP contribution in [-0.4, -0.2) is 42.5 Å². The molecule has 10 heteroatoms. The SMILES string of the molecule is C=CN(C)/C(=N\N)C(O)(c1ccc(Cl)cc1)c1ccc2c(c1)c(-c1cccc(Cl)c1)nc1nnc(C)n12. The molecule has 3 N–H and O–H groups in total. The first kappa shape index (κ1) is 24.7. The normalized spacial score (nSPS) is 13.6. The van der Waals surface area contributed by atoms with Crippen LogP contribution in [-0.2, 0) is 5.60 Å². The van der Waals surface area contributed by atoms with Gasteiger partial charge in [0.15, 0.2) is 11.4 Å². The zero-order valence-corrected chi connectivity index (χ0v) is 21.6. The van der Waals surface area contributed by atoms with E-state index in [4.69, 9.17) is 34.0 Å². The third kappa shape index (κ3) is 4.09.